The van der Waals surface area contributed by atoms with Crippen LogP contribution in [-0.2, 0) is 24.4 Å². The number of hydrogen-bond acceptors (Lipinski definition) is 5. The molecule has 0 spiro atoms. The molecule has 2 aliphatic rings. The Hall–Kier alpha value is -3.39. The molecule has 0 fully saturated rings. The summed E-state index contributed by atoms with van der Waals surface area (Å²) in [6, 6.07) is 9.11. The van der Waals surface area contributed by atoms with E-state index in [0.29, 0.717) is 48.3 Å². The molecule has 9 heteroatoms. The molecular weight excluding hydrogens is 404 g/mol. The lowest BCUT2D eigenvalue weighted by Gasteiger charge is -2.31. The Bertz CT molecular complexity index is 1130. The van der Waals surface area contributed by atoms with E-state index >= 15 is 0 Å². The second-order valence-electron chi connectivity index (χ2n) is 7.36. The SMILES string of the molecule is O=C(c1cnc2c(c1)N(Cc1ccc(Cl)cc1)C(=O)CN2)N1CCn2cncc2C1. The second kappa shape index (κ2) is 7.46. The van der Waals surface area contributed by atoms with Crippen molar-refractivity contribution in [2.45, 2.75) is 19.6 Å². The third-order valence-corrected chi connectivity index (χ3v) is 5.67. The largest absolute Gasteiger partial charge is 0.359 e. The molecule has 2 amide bonds. The van der Waals surface area contributed by atoms with E-state index in [2.05, 4.69) is 15.3 Å². The average molecular weight is 423 g/mol. The predicted molar refractivity (Wildman–Crippen MR) is 112 cm³/mol. The molecule has 0 saturated carbocycles. The summed E-state index contributed by atoms with van der Waals surface area (Å²) in [5, 5.41) is 3.67. The van der Waals surface area contributed by atoms with Gasteiger partial charge in [-0.1, -0.05) is 23.7 Å². The summed E-state index contributed by atoms with van der Waals surface area (Å²) in [5.41, 5.74) is 3.01. The quantitative estimate of drug-likeness (QED) is 0.701. The number of nitrogens with one attached hydrogen (secondary N) is 1. The van der Waals surface area contributed by atoms with Gasteiger partial charge in [-0.15, -0.1) is 0 Å². The molecule has 2 aliphatic heterocycles. The van der Waals surface area contributed by atoms with Gasteiger partial charge in [-0.2, -0.15) is 0 Å². The van der Waals surface area contributed by atoms with Gasteiger partial charge < -0.3 is 19.7 Å². The Kier molecular flexibility index (Phi) is 4.63. The zero-order chi connectivity index (χ0) is 20.7. The Balaban J connectivity index is 1.42. The van der Waals surface area contributed by atoms with E-state index in [0.717, 1.165) is 11.3 Å². The van der Waals surface area contributed by atoms with Crippen molar-refractivity contribution in [1.82, 2.24) is 19.4 Å². The maximum Gasteiger partial charge on any atom is 0.255 e. The van der Waals surface area contributed by atoms with E-state index in [4.69, 9.17) is 11.6 Å². The lowest BCUT2D eigenvalue weighted by molar-refractivity contribution is -0.117. The van der Waals surface area contributed by atoms with Crippen molar-refractivity contribution in [2.75, 3.05) is 23.3 Å². The number of benzene rings is 1. The number of rotatable bonds is 3. The molecule has 0 radical (unpaired) electrons. The highest BCUT2D eigenvalue weighted by Crippen LogP contribution is 2.30. The first kappa shape index (κ1) is 18.6. The number of carbonyl (C=O) groups is 2. The average Bonchev–Trinajstić information content (AvgIpc) is 3.24. The van der Waals surface area contributed by atoms with Crippen molar-refractivity contribution in [1.29, 1.82) is 0 Å². The number of imidazole rings is 1. The summed E-state index contributed by atoms with van der Waals surface area (Å²) in [5.74, 6) is 0.407. The Morgan fingerprint density at radius 2 is 2.00 bits per heavy atom. The smallest absolute Gasteiger partial charge is 0.255 e. The third kappa shape index (κ3) is 3.39. The molecule has 0 saturated heterocycles. The molecule has 4 heterocycles. The fourth-order valence-electron chi connectivity index (χ4n) is 3.79. The van der Waals surface area contributed by atoms with Crippen LogP contribution < -0.4 is 10.2 Å². The Morgan fingerprint density at radius 1 is 1.17 bits per heavy atom. The second-order valence-corrected chi connectivity index (χ2v) is 7.79. The highest BCUT2D eigenvalue weighted by molar-refractivity contribution is 6.30. The Morgan fingerprint density at radius 3 is 2.83 bits per heavy atom. The molecule has 3 aromatic rings. The van der Waals surface area contributed by atoms with Crippen LogP contribution in [0.25, 0.3) is 0 Å². The van der Waals surface area contributed by atoms with Crippen molar-refractivity contribution in [2.24, 2.45) is 0 Å². The zero-order valence-electron chi connectivity index (χ0n) is 16.1. The van der Waals surface area contributed by atoms with Gasteiger partial charge in [0, 0.05) is 30.5 Å². The van der Waals surface area contributed by atoms with Crippen LogP contribution in [0.15, 0.2) is 49.1 Å². The zero-order valence-corrected chi connectivity index (χ0v) is 16.8. The van der Waals surface area contributed by atoms with Crippen molar-refractivity contribution >= 4 is 34.9 Å². The number of nitrogens with zero attached hydrogens (tertiary/aromatic N) is 5. The number of anilines is 2. The van der Waals surface area contributed by atoms with E-state index in [1.807, 2.05) is 16.7 Å². The van der Waals surface area contributed by atoms with Crippen LogP contribution in [0.4, 0.5) is 11.5 Å². The van der Waals surface area contributed by atoms with Gasteiger partial charge in [0.25, 0.3) is 5.91 Å². The van der Waals surface area contributed by atoms with Gasteiger partial charge in [-0.05, 0) is 23.8 Å². The van der Waals surface area contributed by atoms with Gasteiger partial charge in [-0.25, -0.2) is 9.97 Å². The Labute approximate surface area is 178 Å². The van der Waals surface area contributed by atoms with Crippen molar-refractivity contribution < 1.29 is 9.59 Å². The topological polar surface area (TPSA) is 83.4 Å². The van der Waals surface area contributed by atoms with Gasteiger partial charge in [0.05, 0.1) is 42.9 Å². The predicted octanol–water partition coefficient (Wildman–Crippen LogP) is 2.55. The summed E-state index contributed by atoms with van der Waals surface area (Å²) < 4.78 is 2.05. The summed E-state index contributed by atoms with van der Waals surface area (Å²) >= 11 is 5.97. The van der Waals surface area contributed by atoms with E-state index in [9.17, 15) is 9.59 Å². The number of pyridine rings is 1. The van der Waals surface area contributed by atoms with Gasteiger partial charge in [0.2, 0.25) is 5.91 Å². The summed E-state index contributed by atoms with van der Waals surface area (Å²) in [6.07, 6.45) is 5.13. The van der Waals surface area contributed by atoms with Crippen LogP contribution >= 0.6 is 11.6 Å². The molecule has 0 unspecified atom stereocenters. The first-order valence-corrected chi connectivity index (χ1v) is 10.0. The number of hydrogen-bond donors (Lipinski definition) is 1. The molecule has 8 nitrogen and oxygen atoms in total. The fraction of sp³-hybridized carbons (Fsp3) is 0.238. The van der Waals surface area contributed by atoms with Crippen molar-refractivity contribution in [3.8, 4) is 0 Å². The molecule has 30 heavy (non-hydrogen) atoms. The van der Waals surface area contributed by atoms with Gasteiger partial charge >= 0.3 is 0 Å². The number of aromatic nitrogens is 3. The summed E-state index contributed by atoms with van der Waals surface area (Å²) in [6.45, 7) is 2.36. The first-order valence-electron chi connectivity index (χ1n) is 9.65. The minimum Gasteiger partial charge on any atom is -0.359 e. The molecular formula is C21H19ClN6O2. The van der Waals surface area contributed by atoms with Crippen LogP contribution in [0.5, 0.6) is 0 Å². The van der Waals surface area contributed by atoms with Crippen molar-refractivity contribution in [3.63, 3.8) is 0 Å². The maximum absolute atomic E-state index is 13.1. The van der Waals surface area contributed by atoms with Crippen molar-refractivity contribution in [3.05, 3.63) is 70.9 Å². The van der Waals surface area contributed by atoms with Crippen LogP contribution in [0.2, 0.25) is 5.02 Å². The summed E-state index contributed by atoms with van der Waals surface area (Å²) in [4.78, 5) is 37.7. The minimum atomic E-state index is -0.109. The van der Waals surface area contributed by atoms with E-state index in [-0.39, 0.29) is 18.4 Å². The molecule has 0 atom stereocenters. The van der Waals surface area contributed by atoms with E-state index in [1.165, 1.54) is 0 Å². The molecule has 5 rings (SSSR count). The van der Waals surface area contributed by atoms with Crippen LogP contribution in [0, 0.1) is 0 Å². The maximum atomic E-state index is 13.1. The molecule has 0 bridgehead atoms. The van der Waals surface area contributed by atoms with Gasteiger partial charge in [0.1, 0.15) is 0 Å². The lowest BCUT2D eigenvalue weighted by Crippen LogP contribution is -2.41. The molecule has 1 aromatic carbocycles. The number of halogens is 1. The lowest BCUT2D eigenvalue weighted by atomic mass is 10.1. The van der Waals surface area contributed by atoms with Crippen LogP contribution in [0.3, 0.4) is 0 Å². The minimum absolute atomic E-state index is 0.0780. The molecule has 0 aliphatic carbocycles. The fourth-order valence-corrected chi connectivity index (χ4v) is 3.91. The summed E-state index contributed by atoms with van der Waals surface area (Å²) in [7, 11) is 0. The third-order valence-electron chi connectivity index (χ3n) is 5.42. The van der Waals surface area contributed by atoms with E-state index in [1.54, 1.807) is 46.7 Å². The molecule has 2 aromatic heterocycles. The van der Waals surface area contributed by atoms with Gasteiger partial charge in [0.15, 0.2) is 5.82 Å². The highest BCUT2D eigenvalue weighted by Gasteiger charge is 2.28. The van der Waals surface area contributed by atoms with Gasteiger partial charge in [-0.3, -0.25) is 9.59 Å². The highest BCUT2D eigenvalue weighted by atomic mass is 35.5. The monoisotopic (exact) mass is 422 g/mol. The molecule has 152 valence electrons. The van der Waals surface area contributed by atoms with Crippen LogP contribution in [0.1, 0.15) is 21.6 Å². The standard InChI is InChI=1S/C21H19ClN6O2/c22-16-3-1-14(2-4-16)11-28-18-7-15(8-24-20(18)25-10-19(28)29)21(30)26-5-6-27-13-23-9-17(27)12-26/h1-4,7-9,13H,5-6,10-12H2,(H,24,25). The van der Waals surface area contributed by atoms with Crippen LogP contribution in [-0.4, -0.2) is 44.3 Å². The number of amides is 2. The van der Waals surface area contributed by atoms with E-state index < -0.39 is 0 Å². The number of carbonyl (C=O) groups excluding carboxylic acids is 2. The number of fused-ring (bicyclic) bond motifs is 2. The molecule has 1 N–H and O–H groups in total. The first-order chi connectivity index (χ1) is 14.6. The normalized spacial score (nSPS) is 15.4.